The predicted octanol–water partition coefficient (Wildman–Crippen LogP) is 2.51. The summed E-state index contributed by atoms with van der Waals surface area (Å²) in [6, 6.07) is 12.8. The van der Waals surface area contributed by atoms with Gasteiger partial charge < -0.3 is 19.8 Å². The van der Waals surface area contributed by atoms with Crippen LogP contribution in [0.3, 0.4) is 0 Å². The Bertz CT molecular complexity index is 787. The van der Waals surface area contributed by atoms with Crippen molar-refractivity contribution in [3.63, 3.8) is 0 Å². The van der Waals surface area contributed by atoms with Gasteiger partial charge >= 0.3 is 0 Å². The van der Waals surface area contributed by atoms with E-state index in [9.17, 15) is 4.79 Å². The summed E-state index contributed by atoms with van der Waals surface area (Å²) in [7, 11) is 3.09. The summed E-state index contributed by atoms with van der Waals surface area (Å²) in [4.78, 5) is 19.9. The molecule has 1 amide bonds. The second-order valence-corrected chi connectivity index (χ2v) is 4.98. The Morgan fingerprint density at radius 2 is 1.83 bits per heavy atom. The number of methoxy groups -OCH3 is 2. The van der Waals surface area contributed by atoms with Crippen molar-refractivity contribution in [3.8, 4) is 11.5 Å². The van der Waals surface area contributed by atoms with Crippen LogP contribution in [0.1, 0.15) is 16.2 Å². The predicted molar refractivity (Wildman–Crippen MR) is 86.8 cm³/mol. The Kier molecular flexibility index (Phi) is 4.14. The largest absolute Gasteiger partial charge is 0.497 e. The third-order valence-electron chi connectivity index (χ3n) is 3.47. The average molecular weight is 311 g/mol. The normalized spacial score (nSPS) is 10.5. The van der Waals surface area contributed by atoms with Crippen molar-refractivity contribution in [1.29, 1.82) is 0 Å². The molecular formula is C17H17N3O3. The molecule has 0 bridgehead atoms. The summed E-state index contributed by atoms with van der Waals surface area (Å²) in [6.07, 6.45) is 0. The topological polar surface area (TPSA) is 76.2 Å². The van der Waals surface area contributed by atoms with Gasteiger partial charge in [-0.2, -0.15) is 0 Å². The van der Waals surface area contributed by atoms with Gasteiger partial charge in [-0.05, 0) is 24.3 Å². The minimum atomic E-state index is -0.220. The molecule has 1 heterocycles. The maximum atomic E-state index is 12.3. The Labute approximate surface area is 133 Å². The maximum absolute atomic E-state index is 12.3. The quantitative estimate of drug-likeness (QED) is 0.759. The first-order chi connectivity index (χ1) is 11.2. The number of amides is 1. The van der Waals surface area contributed by atoms with Gasteiger partial charge in [0, 0.05) is 11.6 Å². The van der Waals surface area contributed by atoms with E-state index in [2.05, 4.69) is 15.3 Å². The molecule has 23 heavy (non-hydrogen) atoms. The number of H-pyrrole nitrogens is 1. The fourth-order valence-electron chi connectivity index (χ4n) is 2.29. The van der Waals surface area contributed by atoms with Gasteiger partial charge in [0.05, 0.1) is 31.8 Å². The lowest BCUT2D eigenvalue weighted by Crippen LogP contribution is -2.23. The van der Waals surface area contributed by atoms with Gasteiger partial charge in [0.15, 0.2) is 0 Å². The van der Waals surface area contributed by atoms with Crippen molar-refractivity contribution < 1.29 is 14.3 Å². The zero-order valence-corrected chi connectivity index (χ0v) is 12.9. The van der Waals surface area contributed by atoms with E-state index >= 15 is 0 Å². The Balaban J connectivity index is 1.73. The standard InChI is InChI=1S/C17H17N3O3/c1-22-12-7-11(8-13(9-12)23-2)17(21)18-10-16-19-14-5-3-4-6-15(14)20-16/h3-9H,10H2,1-2H3,(H,18,21)(H,19,20). The van der Waals surface area contributed by atoms with Crippen LogP contribution >= 0.6 is 0 Å². The molecule has 1 aromatic heterocycles. The second kappa shape index (κ2) is 6.39. The van der Waals surface area contributed by atoms with Gasteiger partial charge in [0.2, 0.25) is 0 Å². The van der Waals surface area contributed by atoms with Crippen LogP contribution < -0.4 is 14.8 Å². The molecule has 0 saturated heterocycles. The van der Waals surface area contributed by atoms with Crippen LogP contribution in [0.2, 0.25) is 0 Å². The molecule has 0 fully saturated rings. The first-order valence-corrected chi connectivity index (χ1v) is 7.14. The highest BCUT2D eigenvalue weighted by atomic mass is 16.5. The zero-order chi connectivity index (χ0) is 16.2. The van der Waals surface area contributed by atoms with Crippen LogP contribution in [0, 0.1) is 0 Å². The van der Waals surface area contributed by atoms with E-state index in [0.29, 0.717) is 29.4 Å². The molecule has 6 nitrogen and oxygen atoms in total. The third-order valence-corrected chi connectivity index (χ3v) is 3.47. The number of para-hydroxylation sites is 2. The summed E-state index contributed by atoms with van der Waals surface area (Å²) < 4.78 is 10.3. The number of nitrogens with zero attached hydrogens (tertiary/aromatic N) is 1. The highest BCUT2D eigenvalue weighted by Gasteiger charge is 2.10. The molecule has 0 spiro atoms. The lowest BCUT2D eigenvalue weighted by atomic mass is 10.2. The first kappa shape index (κ1) is 14.9. The first-order valence-electron chi connectivity index (χ1n) is 7.14. The lowest BCUT2D eigenvalue weighted by molar-refractivity contribution is 0.0949. The Hall–Kier alpha value is -3.02. The highest BCUT2D eigenvalue weighted by Crippen LogP contribution is 2.22. The molecule has 6 heteroatoms. The number of fused-ring (bicyclic) bond motifs is 1. The van der Waals surface area contributed by atoms with Crippen molar-refractivity contribution >= 4 is 16.9 Å². The summed E-state index contributed by atoms with van der Waals surface area (Å²) in [5.74, 6) is 1.62. The highest BCUT2D eigenvalue weighted by molar-refractivity contribution is 5.95. The number of aromatic amines is 1. The molecule has 2 N–H and O–H groups in total. The van der Waals surface area contributed by atoms with Crippen LogP contribution in [0.25, 0.3) is 11.0 Å². The van der Waals surface area contributed by atoms with Crippen LogP contribution in [-0.4, -0.2) is 30.1 Å². The Morgan fingerprint density at radius 3 is 2.48 bits per heavy atom. The fraction of sp³-hybridized carbons (Fsp3) is 0.176. The van der Waals surface area contributed by atoms with Crippen LogP contribution in [-0.2, 0) is 6.54 Å². The van der Waals surface area contributed by atoms with E-state index in [-0.39, 0.29) is 5.91 Å². The molecule has 0 atom stereocenters. The van der Waals surface area contributed by atoms with Crippen LogP contribution in [0.15, 0.2) is 42.5 Å². The van der Waals surface area contributed by atoms with Crippen molar-refractivity contribution in [2.75, 3.05) is 14.2 Å². The van der Waals surface area contributed by atoms with Gasteiger partial charge in [-0.3, -0.25) is 4.79 Å². The van der Waals surface area contributed by atoms with E-state index in [1.54, 1.807) is 32.4 Å². The molecule has 0 saturated carbocycles. The van der Waals surface area contributed by atoms with E-state index in [0.717, 1.165) is 11.0 Å². The third kappa shape index (κ3) is 3.26. The van der Waals surface area contributed by atoms with E-state index in [1.807, 2.05) is 24.3 Å². The van der Waals surface area contributed by atoms with Crippen molar-refractivity contribution in [2.45, 2.75) is 6.54 Å². The van der Waals surface area contributed by atoms with Crippen molar-refractivity contribution in [2.24, 2.45) is 0 Å². The number of carbonyl (C=O) groups excluding carboxylic acids is 1. The van der Waals surface area contributed by atoms with E-state index in [1.165, 1.54) is 0 Å². The summed E-state index contributed by atoms with van der Waals surface area (Å²) >= 11 is 0. The molecule has 0 aliphatic carbocycles. The number of aromatic nitrogens is 2. The van der Waals surface area contributed by atoms with E-state index < -0.39 is 0 Å². The molecule has 0 radical (unpaired) electrons. The molecule has 118 valence electrons. The minimum Gasteiger partial charge on any atom is -0.497 e. The smallest absolute Gasteiger partial charge is 0.251 e. The SMILES string of the molecule is COc1cc(OC)cc(C(=O)NCc2nc3ccccc3[nH]2)c1. The number of hydrogen-bond acceptors (Lipinski definition) is 4. The minimum absolute atomic E-state index is 0.220. The summed E-state index contributed by atoms with van der Waals surface area (Å²) in [6.45, 7) is 0.313. The van der Waals surface area contributed by atoms with Crippen LogP contribution in [0.4, 0.5) is 0 Å². The van der Waals surface area contributed by atoms with Crippen LogP contribution in [0.5, 0.6) is 11.5 Å². The van der Waals surface area contributed by atoms with Crippen molar-refractivity contribution in [1.82, 2.24) is 15.3 Å². The summed E-state index contributed by atoms with van der Waals surface area (Å²) in [5, 5.41) is 2.84. The monoisotopic (exact) mass is 311 g/mol. The Morgan fingerprint density at radius 1 is 1.13 bits per heavy atom. The molecule has 2 aromatic carbocycles. The second-order valence-electron chi connectivity index (χ2n) is 4.98. The van der Waals surface area contributed by atoms with Gasteiger partial charge in [0.25, 0.3) is 5.91 Å². The van der Waals surface area contributed by atoms with Crippen molar-refractivity contribution in [3.05, 3.63) is 53.9 Å². The number of carbonyl (C=O) groups is 1. The molecular weight excluding hydrogens is 294 g/mol. The number of benzene rings is 2. The number of imidazole rings is 1. The lowest BCUT2D eigenvalue weighted by Gasteiger charge is -2.08. The van der Waals surface area contributed by atoms with Gasteiger partial charge in [-0.15, -0.1) is 0 Å². The molecule has 0 aliphatic rings. The maximum Gasteiger partial charge on any atom is 0.251 e. The van der Waals surface area contributed by atoms with Gasteiger partial charge in [0.1, 0.15) is 17.3 Å². The average Bonchev–Trinajstić information content (AvgIpc) is 3.02. The fourth-order valence-corrected chi connectivity index (χ4v) is 2.29. The molecule has 3 aromatic rings. The van der Waals surface area contributed by atoms with Gasteiger partial charge in [-0.1, -0.05) is 12.1 Å². The molecule has 3 rings (SSSR count). The number of ether oxygens (including phenoxy) is 2. The number of rotatable bonds is 5. The number of hydrogen-bond donors (Lipinski definition) is 2. The number of nitrogens with one attached hydrogen (secondary N) is 2. The summed E-state index contributed by atoms with van der Waals surface area (Å²) in [5.41, 5.74) is 2.29. The molecule has 0 unspecified atom stereocenters. The van der Waals surface area contributed by atoms with Gasteiger partial charge in [-0.25, -0.2) is 4.98 Å². The van der Waals surface area contributed by atoms with E-state index in [4.69, 9.17) is 9.47 Å². The molecule has 0 aliphatic heterocycles. The zero-order valence-electron chi connectivity index (χ0n) is 12.9.